The zero-order chi connectivity index (χ0) is 14.0. The van der Waals surface area contributed by atoms with Gasteiger partial charge in [0.2, 0.25) is 0 Å². The molecule has 2 aromatic rings. The standard InChI is InChI=1S/C13H18N2O3S/c1-4-14-8-9(2)13-15-11-7-10(19(3,16)17)5-6-12(11)18-13/h5-7,9,14H,4,8H2,1-3H3. The fraction of sp³-hybridized carbons (Fsp3) is 0.462. The molecule has 0 fully saturated rings. The number of nitrogens with one attached hydrogen (secondary N) is 1. The number of aromatic nitrogens is 1. The second-order valence-corrected chi connectivity index (χ2v) is 6.68. The van der Waals surface area contributed by atoms with E-state index < -0.39 is 9.84 Å². The summed E-state index contributed by atoms with van der Waals surface area (Å²) >= 11 is 0. The third kappa shape index (κ3) is 3.13. The van der Waals surface area contributed by atoms with Crippen LogP contribution in [0.4, 0.5) is 0 Å². The fourth-order valence-electron chi connectivity index (χ4n) is 1.81. The maximum atomic E-state index is 11.5. The van der Waals surface area contributed by atoms with Gasteiger partial charge in [-0.25, -0.2) is 13.4 Å². The van der Waals surface area contributed by atoms with Gasteiger partial charge in [0.05, 0.1) is 4.90 Å². The van der Waals surface area contributed by atoms with Crippen molar-refractivity contribution < 1.29 is 12.8 Å². The van der Waals surface area contributed by atoms with Gasteiger partial charge in [-0.15, -0.1) is 0 Å². The number of sulfone groups is 1. The largest absolute Gasteiger partial charge is 0.440 e. The van der Waals surface area contributed by atoms with E-state index in [-0.39, 0.29) is 10.8 Å². The molecule has 1 N–H and O–H groups in total. The van der Waals surface area contributed by atoms with E-state index in [4.69, 9.17) is 4.42 Å². The molecule has 104 valence electrons. The van der Waals surface area contributed by atoms with E-state index in [2.05, 4.69) is 10.3 Å². The first kappa shape index (κ1) is 14.0. The zero-order valence-electron chi connectivity index (χ0n) is 11.3. The first-order valence-electron chi connectivity index (χ1n) is 6.23. The van der Waals surface area contributed by atoms with Crippen molar-refractivity contribution in [3.63, 3.8) is 0 Å². The van der Waals surface area contributed by atoms with Gasteiger partial charge in [0.1, 0.15) is 5.52 Å². The van der Waals surface area contributed by atoms with Gasteiger partial charge in [0.15, 0.2) is 21.3 Å². The molecule has 6 heteroatoms. The van der Waals surface area contributed by atoms with Crippen LogP contribution in [0.1, 0.15) is 25.7 Å². The highest BCUT2D eigenvalue weighted by Crippen LogP contribution is 2.23. The van der Waals surface area contributed by atoms with Gasteiger partial charge in [0.25, 0.3) is 0 Å². The van der Waals surface area contributed by atoms with Crippen LogP contribution >= 0.6 is 0 Å². The minimum absolute atomic E-state index is 0.147. The first-order chi connectivity index (χ1) is 8.91. The molecule has 0 bridgehead atoms. The minimum atomic E-state index is -3.21. The summed E-state index contributed by atoms with van der Waals surface area (Å²) in [6, 6.07) is 4.75. The van der Waals surface area contributed by atoms with Crippen molar-refractivity contribution in [2.45, 2.75) is 24.7 Å². The summed E-state index contributed by atoms with van der Waals surface area (Å²) in [5.74, 6) is 0.774. The molecule has 19 heavy (non-hydrogen) atoms. The fourth-order valence-corrected chi connectivity index (χ4v) is 2.46. The number of oxazole rings is 1. The van der Waals surface area contributed by atoms with Gasteiger partial charge >= 0.3 is 0 Å². The first-order valence-corrected chi connectivity index (χ1v) is 8.12. The van der Waals surface area contributed by atoms with Crippen LogP contribution in [0, 0.1) is 0 Å². The molecule has 1 atom stereocenters. The van der Waals surface area contributed by atoms with E-state index in [9.17, 15) is 8.42 Å². The maximum absolute atomic E-state index is 11.5. The number of nitrogens with zero attached hydrogens (tertiary/aromatic N) is 1. The molecule has 1 aromatic carbocycles. The van der Waals surface area contributed by atoms with Gasteiger partial charge in [-0.1, -0.05) is 13.8 Å². The average molecular weight is 282 g/mol. The predicted molar refractivity (Wildman–Crippen MR) is 74.1 cm³/mol. The van der Waals surface area contributed by atoms with E-state index >= 15 is 0 Å². The Morgan fingerprint density at radius 1 is 1.42 bits per heavy atom. The van der Waals surface area contributed by atoms with Crippen LogP contribution in [-0.4, -0.2) is 32.7 Å². The van der Waals surface area contributed by atoms with Crippen molar-refractivity contribution in [1.82, 2.24) is 10.3 Å². The lowest BCUT2D eigenvalue weighted by molar-refractivity contribution is 0.470. The summed E-state index contributed by atoms with van der Waals surface area (Å²) < 4.78 is 28.6. The Balaban J connectivity index is 2.35. The Bertz CT molecular complexity index is 676. The normalized spacial score (nSPS) is 13.8. The van der Waals surface area contributed by atoms with E-state index in [1.54, 1.807) is 18.2 Å². The van der Waals surface area contributed by atoms with Crippen molar-refractivity contribution in [1.29, 1.82) is 0 Å². The van der Waals surface area contributed by atoms with Crippen molar-refractivity contribution in [3.05, 3.63) is 24.1 Å². The van der Waals surface area contributed by atoms with Crippen molar-refractivity contribution in [2.24, 2.45) is 0 Å². The molecular weight excluding hydrogens is 264 g/mol. The molecule has 1 aromatic heterocycles. The summed E-state index contributed by atoms with van der Waals surface area (Å²) in [6.45, 7) is 5.73. The SMILES string of the molecule is CCNCC(C)c1nc2cc(S(C)(=O)=O)ccc2o1. The van der Waals surface area contributed by atoms with E-state index in [1.165, 1.54) is 6.26 Å². The number of likely N-dealkylation sites (N-methyl/N-ethyl adjacent to an activating group) is 1. The van der Waals surface area contributed by atoms with Gasteiger partial charge in [-0.2, -0.15) is 0 Å². The smallest absolute Gasteiger partial charge is 0.199 e. The lowest BCUT2D eigenvalue weighted by atomic mass is 10.2. The highest BCUT2D eigenvalue weighted by atomic mass is 32.2. The van der Waals surface area contributed by atoms with Gasteiger partial charge < -0.3 is 9.73 Å². The molecule has 0 radical (unpaired) electrons. The summed E-state index contributed by atoms with van der Waals surface area (Å²) in [4.78, 5) is 4.63. The molecule has 0 saturated carbocycles. The molecule has 2 rings (SSSR count). The molecule has 1 heterocycles. The van der Waals surface area contributed by atoms with Gasteiger partial charge in [-0.3, -0.25) is 0 Å². The molecule has 0 aliphatic heterocycles. The van der Waals surface area contributed by atoms with Crippen LogP contribution in [0.3, 0.4) is 0 Å². The lowest BCUT2D eigenvalue weighted by Gasteiger charge is -2.06. The Morgan fingerprint density at radius 3 is 2.79 bits per heavy atom. The van der Waals surface area contributed by atoms with Crippen LogP contribution in [0.25, 0.3) is 11.1 Å². The summed E-state index contributed by atoms with van der Waals surface area (Å²) in [6.07, 6.45) is 1.18. The third-order valence-electron chi connectivity index (χ3n) is 2.93. The van der Waals surface area contributed by atoms with Crippen LogP contribution < -0.4 is 5.32 Å². The number of fused-ring (bicyclic) bond motifs is 1. The highest BCUT2D eigenvalue weighted by Gasteiger charge is 2.15. The molecule has 0 amide bonds. The van der Waals surface area contributed by atoms with E-state index in [0.717, 1.165) is 13.1 Å². The third-order valence-corrected chi connectivity index (χ3v) is 4.04. The van der Waals surface area contributed by atoms with Gasteiger partial charge in [-0.05, 0) is 24.7 Å². The topological polar surface area (TPSA) is 72.2 Å². The number of rotatable bonds is 5. The Hall–Kier alpha value is -1.40. The zero-order valence-corrected chi connectivity index (χ0v) is 12.1. The second kappa shape index (κ2) is 5.30. The number of hydrogen-bond acceptors (Lipinski definition) is 5. The van der Waals surface area contributed by atoms with Crippen molar-refractivity contribution in [2.75, 3.05) is 19.3 Å². The molecule has 0 aliphatic rings. The van der Waals surface area contributed by atoms with Crippen LogP contribution in [0.5, 0.6) is 0 Å². The molecule has 0 aliphatic carbocycles. The lowest BCUT2D eigenvalue weighted by Crippen LogP contribution is -2.19. The maximum Gasteiger partial charge on any atom is 0.199 e. The summed E-state index contributed by atoms with van der Waals surface area (Å²) in [7, 11) is -3.21. The molecule has 1 unspecified atom stereocenters. The highest BCUT2D eigenvalue weighted by molar-refractivity contribution is 7.90. The Kier molecular flexibility index (Phi) is 3.91. The molecular formula is C13H18N2O3S. The summed E-state index contributed by atoms with van der Waals surface area (Å²) in [5.41, 5.74) is 1.20. The van der Waals surface area contributed by atoms with Crippen molar-refractivity contribution in [3.8, 4) is 0 Å². The number of hydrogen-bond donors (Lipinski definition) is 1. The van der Waals surface area contributed by atoms with Crippen LogP contribution in [-0.2, 0) is 9.84 Å². The molecule has 5 nitrogen and oxygen atoms in total. The van der Waals surface area contributed by atoms with Gasteiger partial charge in [0, 0.05) is 18.7 Å². The Labute approximate surface area is 112 Å². The van der Waals surface area contributed by atoms with E-state index in [1.807, 2.05) is 13.8 Å². The minimum Gasteiger partial charge on any atom is -0.440 e. The Morgan fingerprint density at radius 2 is 2.16 bits per heavy atom. The predicted octanol–water partition coefficient (Wildman–Crippen LogP) is 1.94. The number of benzene rings is 1. The van der Waals surface area contributed by atoms with Crippen molar-refractivity contribution >= 4 is 20.9 Å². The molecule has 0 spiro atoms. The average Bonchev–Trinajstić information content (AvgIpc) is 2.77. The summed E-state index contributed by atoms with van der Waals surface area (Å²) in [5, 5.41) is 3.23. The van der Waals surface area contributed by atoms with Crippen LogP contribution in [0.15, 0.2) is 27.5 Å². The quantitative estimate of drug-likeness (QED) is 0.907. The van der Waals surface area contributed by atoms with E-state index in [0.29, 0.717) is 17.0 Å². The second-order valence-electron chi connectivity index (χ2n) is 4.66. The monoisotopic (exact) mass is 282 g/mol. The molecule has 0 saturated heterocycles. The van der Waals surface area contributed by atoms with Crippen LogP contribution in [0.2, 0.25) is 0 Å².